The van der Waals surface area contributed by atoms with Crippen molar-refractivity contribution in [3.8, 4) is 5.75 Å². The van der Waals surface area contributed by atoms with Crippen LogP contribution in [0.3, 0.4) is 0 Å². The van der Waals surface area contributed by atoms with Gasteiger partial charge in [0.2, 0.25) is 5.91 Å². The van der Waals surface area contributed by atoms with E-state index >= 15 is 0 Å². The van der Waals surface area contributed by atoms with Crippen molar-refractivity contribution in [2.24, 2.45) is 11.8 Å². The fourth-order valence-corrected chi connectivity index (χ4v) is 6.53. The van der Waals surface area contributed by atoms with Gasteiger partial charge < -0.3 is 15.2 Å². The molecule has 0 heterocycles. The molecule has 4 aliphatic rings. The van der Waals surface area contributed by atoms with Crippen molar-refractivity contribution in [1.82, 2.24) is 0 Å². The van der Waals surface area contributed by atoms with Gasteiger partial charge in [-0.3, -0.25) is 4.79 Å². The van der Waals surface area contributed by atoms with E-state index in [2.05, 4.69) is 17.4 Å². The summed E-state index contributed by atoms with van der Waals surface area (Å²) in [7, 11) is 1.63. The van der Waals surface area contributed by atoms with Gasteiger partial charge in [-0.15, -0.1) is 0 Å². The van der Waals surface area contributed by atoms with Gasteiger partial charge in [0, 0.05) is 11.8 Å². The number of rotatable bonds is 5. The highest BCUT2D eigenvalue weighted by Gasteiger charge is 2.57. The first-order valence-corrected chi connectivity index (χ1v) is 10.9. The maximum atomic E-state index is 12.3. The zero-order valence-electron chi connectivity index (χ0n) is 17.4. The van der Waals surface area contributed by atoms with Gasteiger partial charge in [-0.25, -0.2) is 0 Å². The van der Waals surface area contributed by atoms with Crippen molar-refractivity contribution in [2.45, 2.75) is 49.5 Å². The van der Waals surface area contributed by atoms with Crippen LogP contribution in [0.1, 0.15) is 49.7 Å². The molecule has 4 saturated carbocycles. The lowest BCUT2D eigenvalue weighted by molar-refractivity contribution is -0.137. The molecule has 2 N–H and O–H groups in total. The highest BCUT2D eigenvalue weighted by atomic mass is 16.5. The lowest BCUT2D eigenvalue weighted by Crippen LogP contribution is -2.57. The Hall–Kier alpha value is -2.59. The molecular formula is C26H29NO3. The summed E-state index contributed by atoms with van der Waals surface area (Å²) in [6.45, 7) is 0. The normalized spacial score (nSPS) is 31.8. The largest absolute Gasteiger partial charge is 0.497 e. The summed E-state index contributed by atoms with van der Waals surface area (Å²) in [4.78, 5) is 12.3. The molecule has 0 spiro atoms. The van der Waals surface area contributed by atoms with Crippen molar-refractivity contribution in [1.29, 1.82) is 0 Å². The summed E-state index contributed by atoms with van der Waals surface area (Å²) >= 11 is 0. The standard InChI is InChI=1S/C26H29NO3/c1-30-23-9-2-18(3-10-23)4-11-24(28)27-22-7-5-21(6-8-22)25-13-19-12-20(14-25)16-26(29,15-19)17-25/h2-11,19-20,29H,12-17H2,1H3,(H,27,28). The number of carbonyl (C=O) groups is 1. The number of methoxy groups -OCH3 is 1. The second kappa shape index (κ2) is 7.28. The van der Waals surface area contributed by atoms with Gasteiger partial charge in [0.15, 0.2) is 0 Å². The number of ether oxygens (including phenoxy) is 1. The molecule has 0 aliphatic heterocycles. The third-order valence-corrected chi connectivity index (χ3v) is 7.34. The van der Waals surface area contributed by atoms with Crippen LogP contribution in [0.15, 0.2) is 54.6 Å². The highest BCUT2D eigenvalue weighted by Crippen LogP contribution is 2.62. The van der Waals surface area contributed by atoms with Gasteiger partial charge in [0.1, 0.15) is 5.75 Å². The topological polar surface area (TPSA) is 58.6 Å². The summed E-state index contributed by atoms with van der Waals surface area (Å²) in [5, 5.41) is 14.0. The van der Waals surface area contributed by atoms with Crippen LogP contribution in [-0.4, -0.2) is 23.7 Å². The summed E-state index contributed by atoms with van der Waals surface area (Å²) < 4.78 is 5.15. The van der Waals surface area contributed by atoms with Crippen LogP contribution in [0.25, 0.3) is 6.08 Å². The van der Waals surface area contributed by atoms with E-state index in [-0.39, 0.29) is 11.3 Å². The molecule has 4 aliphatic carbocycles. The second-order valence-corrected chi connectivity index (χ2v) is 9.64. The van der Waals surface area contributed by atoms with Crippen molar-refractivity contribution in [3.05, 3.63) is 65.7 Å². The SMILES string of the molecule is COc1ccc(C=CC(=O)Nc2ccc(C34CC5CC(CC(O)(C5)C3)C4)cc2)cc1. The first-order chi connectivity index (χ1) is 14.5. The molecule has 2 atom stereocenters. The van der Waals surface area contributed by atoms with Crippen molar-refractivity contribution < 1.29 is 14.6 Å². The van der Waals surface area contributed by atoms with Crippen LogP contribution in [0, 0.1) is 11.8 Å². The Morgan fingerprint density at radius 1 is 1.03 bits per heavy atom. The molecule has 2 aromatic carbocycles. The smallest absolute Gasteiger partial charge is 0.248 e. The Morgan fingerprint density at radius 3 is 2.30 bits per heavy atom. The van der Waals surface area contributed by atoms with E-state index < -0.39 is 5.60 Å². The van der Waals surface area contributed by atoms with Crippen LogP contribution >= 0.6 is 0 Å². The van der Waals surface area contributed by atoms with E-state index in [4.69, 9.17) is 4.74 Å². The van der Waals surface area contributed by atoms with Gasteiger partial charge in [-0.05, 0) is 97.2 Å². The Morgan fingerprint density at radius 2 is 1.70 bits per heavy atom. The Balaban J connectivity index is 1.25. The second-order valence-electron chi connectivity index (χ2n) is 9.64. The van der Waals surface area contributed by atoms with Gasteiger partial charge >= 0.3 is 0 Å². The average Bonchev–Trinajstić information content (AvgIpc) is 2.71. The molecule has 0 radical (unpaired) electrons. The molecule has 2 aromatic rings. The summed E-state index contributed by atoms with van der Waals surface area (Å²) in [6, 6.07) is 15.9. The molecule has 1 amide bonds. The van der Waals surface area contributed by atoms with Crippen LogP contribution in [-0.2, 0) is 10.2 Å². The minimum absolute atomic E-state index is 0.121. The molecule has 6 rings (SSSR count). The molecule has 4 heteroatoms. The van der Waals surface area contributed by atoms with Crippen LogP contribution < -0.4 is 10.1 Å². The Bertz CT molecular complexity index is 947. The minimum atomic E-state index is -0.455. The van der Waals surface area contributed by atoms with E-state index in [1.54, 1.807) is 19.3 Å². The third-order valence-electron chi connectivity index (χ3n) is 7.34. The van der Waals surface area contributed by atoms with Gasteiger partial charge in [0.05, 0.1) is 12.7 Å². The molecule has 0 saturated heterocycles. The minimum Gasteiger partial charge on any atom is -0.497 e. The Labute approximate surface area is 178 Å². The number of amides is 1. The molecule has 2 unspecified atom stereocenters. The fraction of sp³-hybridized carbons (Fsp3) is 0.423. The summed E-state index contributed by atoms with van der Waals surface area (Å²) in [6.07, 6.45) is 9.88. The maximum absolute atomic E-state index is 12.3. The number of anilines is 1. The molecule has 4 bridgehead atoms. The van der Waals surface area contributed by atoms with Gasteiger partial charge in [0.25, 0.3) is 0 Å². The number of nitrogens with one attached hydrogen (secondary N) is 1. The van der Waals surface area contributed by atoms with E-state index in [1.807, 2.05) is 36.4 Å². The molecule has 30 heavy (non-hydrogen) atoms. The van der Waals surface area contributed by atoms with Crippen molar-refractivity contribution in [3.63, 3.8) is 0 Å². The molecule has 156 valence electrons. The van der Waals surface area contributed by atoms with E-state index in [1.165, 1.54) is 24.8 Å². The number of carbonyl (C=O) groups excluding carboxylic acids is 1. The van der Waals surface area contributed by atoms with E-state index in [0.29, 0.717) is 11.8 Å². The van der Waals surface area contributed by atoms with Crippen molar-refractivity contribution in [2.75, 3.05) is 12.4 Å². The van der Waals surface area contributed by atoms with Crippen LogP contribution in [0.5, 0.6) is 5.75 Å². The molecule has 4 nitrogen and oxygen atoms in total. The molecule has 4 fully saturated rings. The quantitative estimate of drug-likeness (QED) is 0.696. The van der Waals surface area contributed by atoms with Crippen molar-refractivity contribution >= 4 is 17.7 Å². The summed E-state index contributed by atoms with van der Waals surface area (Å²) in [5.41, 5.74) is 2.73. The first-order valence-electron chi connectivity index (χ1n) is 10.9. The van der Waals surface area contributed by atoms with Gasteiger partial charge in [-0.2, -0.15) is 0 Å². The zero-order chi connectivity index (χ0) is 20.8. The predicted octanol–water partition coefficient (Wildman–Crippen LogP) is 4.93. The number of hydrogen-bond acceptors (Lipinski definition) is 3. The third kappa shape index (κ3) is 3.65. The Kier molecular flexibility index (Phi) is 4.70. The monoisotopic (exact) mass is 403 g/mol. The van der Waals surface area contributed by atoms with E-state index in [9.17, 15) is 9.90 Å². The highest BCUT2D eigenvalue weighted by molar-refractivity contribution is 6.01. The number of hydrogen-bond donors (Lipinski definition) is 2. The zero-order valence-corrected chi connectivity index (χ0v) is 17.4. The molecule has 0 aromatic heterocycles. The van der Waals surface area contributed by atoms with Gasteiger partial charge in [-0.1, -0.05) is 24.3 Å². The fourth-order valence-electron chi connectivity index (χ4n) is 6.53. The first kappa shape index (κ1) is 19.4. The number of aliphatic hydroxyl groups is 1. The maximum Gasteiger partial charge on any atom is 0.248 e. The lowest BCUT2D eigenvalue weighted by Gasteiger charge is -2.60. The van der Waals surface area contributed by atoms with Crippen LogP contribution in [0.4, 0.5) is 5.69 Å². The average molecular weight is 404 g/mol. The summed E-state index contributed by atoms with van der Waals surface area (Å²) in [5.74, 6) is 1.97. The number of benzene rings is 2. The van der Waals surface area contributed by atoms with E-state index in [0.717, 1.165) is 36.3 Å². The molecular weight excluding hydrogens is 374 g/mol. The lowest BCUT2D eigenvalue weighted by atomic mass is 9.46. The predicted molar refractivity (Wildman–Crippen MR) is 118 cm³/mol. The van der Waals surface area contributed by atoms with Crippen LogP contribution in [0.2, 0.25) is 0 Å².